The van der Waals surface area contributed by atoms with E-state index in [1.165, 1.54) is 18.4 Å². The van der Waals surface area contributed by atoms with Crippen LogP contribution in [0.4, 0.5) is 0 Å². The summed E-state index contributed by atoms with van der Waals surface area (Å²) in [5, 5.41) is 0.893. The summed E-state index contributed by atoms with van der Waals surface area (Å²) in [6.45, 7) is 6.04. The summed E-state index contributed by atoms with van der Waals surface area (Å²) in [6.07, 6.45) is 2.31. The molecule has 1 aliphatic rings. The van der Waals surface area contributed by atoms with E-state index in [0.717, 1.165) is 17.1 Å². The molecule has 0 bridgehead atoms. The Morgan fingerprint density at radius 3 is 2.42 bits per heavy atom. The number of ether oxygens (including phenoxy) is 1. The third-order valence-corrected chi connectivity index (χ3v) is 5.42. The minimum absolute atomic E-state index is 0.00739. The van der Waals surface area contributed by atoms with Gasteiger partial charge in [-0.1, -0.05) is 0 Å². The Labute approximate surface area is 156 Å². The average Bonchev–Trinajstić information content (AvgIpc) is 2.85. The minimum Gasteiger partial charge on any atom is -0.481 e. The van der Waals surface area contributed by atoms with Crippen molar-refractivity contribution in [3.63, 3.8) is 0 Å². The molecule has 0 N–H and O–H groups in total. The molecule has 26 heavy (non-hydrogen) atoms. The van der Waals surface area contributed by atoms with Gasteiger partial charge in [0.25, 0.3) is 11.8 Å². The van der Waals surface area contributed by atoms with Crippen LogP contribution in [0, 0.1) is 13.8 Å². The first-order valence-electron chi connectivity index (χ1n) is 8.52. The predicted octanol–water partition coefficient (Wildman–Crippen LogP) is 2.15. The Morgan fingerprint density at radius 1 is 1.12 bits per heavy atom. The summed E-state index contributed by atoms with van der Waals surface area (Å²) in [4.78, 5) is 38.2. The zero-order valence-electron chi connectivity index (χ0n) is 15.2. The van der Waals surface area contributed by atoms with Crippen LogP contribution in [0.5, 0.6) is 5.88 Å². The van der Waals surface area contributed by atoms with Crippen LogP contribution in [0.3, 0.4) is 0 Å². The molecule has 0 unspecified atom stereocenters. The van der Waals surface area contributed by atoms with Gasteiger partial charge in [-0.15, -0.1) is 11.3 Å². The maximum Gasteiger partial charge on any atom is 0.265 e. The number of aryl methyl sites for hydroxylation is 2. The number of nitrogens with zero attached hydrogens (tertiary/aromatic N) is 4. The Morgan fingerprint density at radius 2 is 1.81 bits per heavy atom. The van der Waals surface area contributed by atoms with Gasteiger partial charge in [-0.2, -0.15) is 0 Å². The molecule has 2 aromatic heterocycles. The van der Waals surface area contributed by atoms with Gasteiger partial charge in [0, 0.05) is 44.0 Å². The molecule has 2 aromatic rings. The van der Waals surface area contributed by atoms with Gasteiger partial charge >= 0.3 is 0 Å². The normalized spacial score (nSPS) is 14.9. The summed E-state index contributed by atoms with van der Waals surface area (Å²) in [5.41, 5.74) is 1.32. The number of pyridine rings is 1. The van der Waals surface area contributed by atoms with E-state index >= 15 is 0 Å². The van der Waals surface area contributed by atoms with E-state index in [1.54, 1.807) is 23.2 Å². The number of hydrogen-bond acceptors (Lipinski definition) is 6. The fraction of sp³-hybridized carbons (Fsp3) is 0.444. The van der Waals surface area contributed by atoms with Crippen LogP contribution in [0.2, 0.25) is 0 Å². The Bertz CT molecular complexity index is 821. The molecule has 3 heterocycles. The molecule has 0 saturated carbocycles. The molecule has 0 atom stereocenters. The first-order chi connectivity index (χ1) is 12.5. The number of methoxy groups -OCH3 is 1. The zero-order chi connectivity index (χ0) is 18.7. The molecule has 0 spiro atoms. The van der Waals surface area contributed by atoms with E-state index in [4.69, 9.17) is 4.74 Å². The fourth-order valence-electron chi connectivity index (χ4n) is 3.03. The van der Waals surface area contributed by atoms with E-state index in [2.05, 4.69) is 9.97 Å². The summed E-state index contributed by atoms with van der Waals surface area (Å²) in [7, 11) is 1.52. The van der Waals surface area contributed by atoms with Crippen LogP contribution in [-0.4, -0.2) is 64.9 Å². The summed E-state index contributed by atoms with van der Waals surface area (Å²) < 4.78 is 5.09. The molecule has 1 fully saturated rings. The van der Waals surface area contributed by atoms with Crippen LogP contribution >= 0.6 is 11.3 Å². The summed E-state index contributed by atoms with van der Waals surface area (Å²) in [6, 6.07) is 3.32. The number of thiazole rings is 1. The number of hydrogen-bond donors (Lipinski definition) is 0. The van der Waals surface area contributed by atoms with Crippen molar-refractivity contribution in [2.24, 2.45) is 0 Å². The van der Waals surface area contributed by atoms with Crippen molar-refractivity contribution >= 4 is 23.2 Å². The second-order valence-corrected chi connectivity index (χ2v) is 7.38. The summed E-state index contributed by atoms with van der Waals surface area (Å²) in [5.74, 6) is 0.358. The van der Waals surface area contributed by atoms with E-state index in [1.807, 2.05) is 18.7 Å². The van der Waals surface area contributed by atoms with Crippen molar-refractivity contribution in [1.29, 1.82) is 0 Å². The van der Waals surface area contributed by atoms with Crippen LogP contribution in [0.1, 0.15) is 37.2 Å². The SMILES string of the molecule is COc1cc(C(=O)N2CCCN(C(=O)c3sc(C)nc3C)CC2)ccn1. The molecule has 1 aliphatic heterocycles. The van der Waals surface area contributed by atoms with Gasteiger partial charge in [0.1, 0.15) is 4.88 Å². The molecule has 7 nitrogen and oxygen atoms in total. The van der Waals surface area contributed by atoms with Crippen LogP contribution < -0.4 is 4.74 Å². The molecule has 2 amide bonds. The van der Waals surface area contributed by atoms with Crippen molar-refractivity contribution in [3.8, 4) is 5.88 Å². The van der Waals surface area contributed by atoms with Gasteiger partial charge in [-0.3, -0.25) is 9.59 Å². The second-order valence-electron chi connectivity index (χ2n) is 6.17. The zero-order valence-corrected chi connectivity index (χ0v) is 16.0. The lowest BCUT2D eigenvalue weighted by molar-refractivity contribution is 0.0720. The number of aromatic nitrogens is 2. The molecule has 138 valence electrons. The van der Waals surface area contributed by atoms with Crippen molar-refractivity contribution in [2.45, 2.75) is 20.3 Å². The van der Waals surface area contributed by atoms with Gasteiger partial charge in [0.2, 0.25) is 5.88 Å². The van der Waals surface area contributed by atoms with Gasteiger partial charge < -0.3 is 14.5 Å². The highest BCUT2D eigenvalue weighted by Crippen LogP contribution is 2.20. The Balaban J connectivity index is 1.68. The Hall–Kier alpha value is -2.48. The average molecular weight is 374 g/mol. The van der Waals surface area contributed by atoms with Crippen molar-refractivity contribution < 1.29 is 14.3 Å². The highest BCUT2D eigenvalue weighted by molar-refractivity contribution is 7.13. The van der Waals surface area contributed by atoms with Gasteiger partial charge in [0.05, 0.1) is 17.8 Å². The third kappa shape index (κ3) is 3.85. The maximum absolute atomic E-state index is 12.8. The third-order valence-electron chi connectivity index (χ3n) is 4.36. The Kier molecular flexibility index (Phi) is 5.51. The van der Waals surface area contributed by atoms with Crippen molar-refractivity contribution in [3.05, 3.63) is 39.5 Å². The first-order valence-corrected chi connectivity index (χ1v) is 9.34. The fourth-order valence-corrected chi connectivity index (χ4v) is 3.92. The smallest absolute Gasteiger partial charge is 0.265 e. The number of carbonyl (C=O) groups excluding carboxylic acids is 2. The van der Waals surface area contributed by atoms with Crippen LogP contribution in [0.15, 0.2) is 18.3 Å². The lowest BCUT2D eigenvalue weighted by Crippen LogP contribution is -2.37. The lowest BCUT2D eigenvalue weighted by Gasteiger charge is -2.22. The standard InChI is InChI=1S/C18H22N4O3S/c1-12-16(26-13(2)20-12)18(24)22-8-4-7-21(9-10-22)17(23)14-5-6-19-15(11-14)25-3/h5-6,11H,4,7-10H2,1-3H3. The molecule has 0 aliphatic carbocycles. The van der Waals surface area contributed by atoms with E-state index < -0.39 is 0 Å². The van der Waals surface area contributed by atoms with Crippen molar-refractivity contribution in [2.75, 3.05) is 33.3 Å². The van der Waals surface area contributed by atoms with Gasteiger partial charge in [0.15, 0.2) is 0 Å². The second kappa shape index (κ2) is 7.82. The topological polar surface area (TPSA) is 75.6 Å². The molecule has 0 aromatic carbocycles. The van der Waals surface area contributed by atoms with E-state index in [9.17, 15) is 9.59 Å². The van der Waals surface area contributed by atoms with Crippen LogP contribution in [-0.2, 0) is 0 Å². The quantitative estimate of drug-likeness (QED) is 0.823. The van der Waals surface area contributed by atoms with Gasteiger partial charge in [-0.05, 0) is 26.3 Å². The highest BCUT2D eigenvalue weighted by atomic mass is 32.1. The number of carbonyl (C=O) groups is 2. The van der Waals surface area contributed by atoms with Crippen molar-refractivity contribution in [1.82, 2.24) is 19.8 Å². The summed E-state index contributed by atoms with van der Waals surface area (Å²) >= 11 is 1.43. The molecule has 3 rings (SSSR count). The highest BCUT2D eigenvalue weighted by Gasteiger charge is 2.25. The monoisotopic (exact) mass is 374 g/mol. The largest absolute Gasteiger partial charge is 0.481 e. The molecular formula is C18H22N4O3S. The molecule has 1 saturated heterocycles. The molecule has 8 heteroatoms. The number of amides is 2. The first kappa shape index (κ1) is 18.3. The van der Waals surface area contributed by atoms with Crippen LogP contribution in [0.25, 0.3) is 0 Å². The predicted molar refractivity (Wildman–Crippen MR) is 98.8 cm³/mol. The van der Waals surface area contributed by atoms with E-state index in [0.29, 0.717) is 42.5 Å². The lowest BCUT2D eigenvalue weighted by atomic mass is 10.2. The number of rotatable bonds is 3. The molecular weight excluding hydrogens is 352 g/mol. The minimum atomic E-state index is -0.0650. The molecule has 0 radical (unpaired) electrons. The van der Waals surface area contributed by atoms with Gasteiger partial charge in [-0.25, -0.2) is 9.97 Å². The maximum atomic E-state index is 12.8. The van der Waals surface area contributed by atoms with E-state index in [-0.39, 0.29) is 11.8 Å².